The van der Waals surface area contributed by atoms with Gasteiger partial charge in [-0.2, -0.15) is 0 Å². The van der Waals surface area contributed by atoms with Crippen LogP contribution in [0.1, 0.15) is 16.7 Å². The lowest BCUT2D eigenvalue weighted by Crippen LogP contribution is -2.20. The van der Waals surface area contributed by atoms with Crippen LogP contribution >= 0.6 is 11.8 Å². The molecule has 1 aliphatic heterocycles. The Balaban J connectivity index is 1.60. The lowest BCUT2D eigenvalue weighted by molar-refractivity contribution is 0.897. The molecule has 4 rings (SSSR count). The summed E-state index contributed by atoms with van der Waals surface area (Å²) in [5, 5.41) is 0. The number of allylic oxidation sites excluding steroid dienone is 1. The summed E-state index contributed by atoms with van der Waals surface area (Å²) in [7, 11) is 2.12. The van der Waals surface area contributed by atoms with Crippen molar-refractivity contribution in [1.29, 1.82) is 0 Å². The minimum atomic E-state index is 0.775. The van der Waals surface area contributed by atoms with E-state index in [0.29, 0.717) is 0 Å². The van der Waals surface area contributed by atoms with Gasteiger partial charge in [0, 0.05) is 41.2 Å². The van der Waals surface area contributed by atoms with Gasteiger partial charge in [-0.3, -0.25) is 4.99 Å². The molecule has 1 heterocycles. The number of fused-ring (bicyclic) bond motifs is 1. The fourth-order valence-corrected chi connectivity index (χ4v) is 4.40. The molecule has 3 aromatic carbocycles. The highest BCUT2D eigenvalue weighted by Crippen LogP contribution is 2.29. The Morgan fingerprint density at radius 3 is 2.66 bits per heavy atom. The fourth-order valence-electron chi connectivity index (χ4n) is 3.42. The Kier molecular flexibility index (Phi) is 6.01. The largest absolute Gasteiger partial charge is 0.399 e. The topological polar surface area (TPSA) is 41.6 Å². The number of hydrogen-bond acceptors (Lipinski definition) is 4. The van der Waals surface area contributed by atoms with E-state index in [1.54, 1.807) is 0 Å². The molecule has 29 heavy (non-hydrogen) atoms. The molecule has 0 fully saturated rings. The first-order valence-corrected chi connectivity index (χ1v) is 10.8. The zero-order valence-electron chi connectivity index (χ0n) is 16.6. The third kappa shape index (κ3) is 4.72. The van der Waals surface area contributed by atoms with Crippen molar-refractivity contribution in [1.82, 2.24) is 0 Å². The average Bonchev–Trinajstić information content (AvgIpc) is 2.91. The van der Waals surface area contributed by atoms with Crippen LogP contribution in [0, 0.1) is 0 Å². The molecule has 0 aliphatic carbocycles. The first-order valence-electron chi connectivity index (χ1n) is 9.80. The van der Waals surface area contributed by atoms with Crippen LogP contribution in [0.3, 0.4) is 0 Å². The number of nitrogens with two attached hydrogens (primary N) is 1. The molecule has 0 saturated carbocycles. The predicted molar refractivity (Wildman–Crippen MR) is 127 cm³/mol. The summed E-state index contributed by atoms with van der Waals surface area (Å²) in [5.74, 6) is 0.931. The molecule has 2 N–H and O–H groups in total. The maximum Gasteiger partial charge on any atom is 0.0668 e. The molecule has 0 amide bonds. The van der Waals surface area contributed by atoms with Crippen molar-refractivity contribution in [2.24, 2.45) is 4.99 Å². The highest BCUT2D eigenvalue weighted by molar-refractivity contribution is 7.98. The summed E-state index contributed by atoms with van der Waals surface area (Å²) >= 11 is 1.83. The number of thioether (sulfide) groups is 1. The molecule has 1 aliphatic rings. The summed E-state index contributed by atoms with van der Waals surface area (Å²) in [5.41, 5.74) is 12.7. The van der Waals surface area contributed by atoms with Crippen molar-refractivity contribution in [3.63, 3.8) is 0 Å². The van der Waals surface area contributed by atoms with Crippen LogP contribution in [0.2, 0.25) is 0 Å². The van der Waals surface area contributed by atoms with Crippen molar-refractivity contribution >= 4 is 34.9 Å². The normalized spacial score (nSPS) is 13.8. The molecule has 0 unspecified atom stereocenters. The van der Waals surface area contributed by atoms with Gasteiger partial charge in [0.15, 0.2) is 0 Å². The molecule has 0 atom stereocenters. The van der Waals surface area contributed by atoms with E-state index in [-0.39, 0.29) is 0 Å². The van der Waals surface area contributed by atoms with E-state index in [2.05, 4.69) is 78.7 Å². The fraction of sp³-hybridized carbons (Fsp3) is 0.160. The number of benzene rings is 3. The third-order valence-corrected chi connectivity index (χ3v) is 6.16. The van der Waals surface area contributed by atoms with Gasteiger partial charge in [0.25, 0.3) is 0 Å². The predicted octanol–water partition coefficient (Wildman–Crippen LogP) is 5.51. The maximum atomic E-state index is 6.08. The Hall–Kier alpha value is -2.98. The first-order chi connectivity index (χ1) is 14.2. The van der Waals surface area contributed by atoms with E-state index in [0.717, 1.165) is 35.8 Å². The molecule has 3 aromatic rings. The molecule has 3 nitrogen and oxygen atoms in total. The van der Waals surface area contributed by atoms with Gasteiger partial charge in [0.2, 0.25) is 0 Å². The van der Waals surface area contributed by atoms with E-state index in [9.17, 15) is 0 Å². The van der Waals surface area contributed by atoms with E-state index in [4.69, 9.17) is 10.7 Å². The van der Waals surface area contributed by atoms with Gasteiger partial charge in [-0.25, -0.2) is 0 Å². The third-order valence-electron chi connectivity index (χ3n) is 5.00. The minimum Gasteiger partial charge on any atom is -0.399 e. The van der Waals surface area contributed by atoms with Crippen molar-refractivity contribution in [3.8, 4) is 0 Å². The summed E-state index contributed by atoms with van der Waals surface area (Å²) in [6.07, 6.45) is 4.27. The van der Waals surface area contributed by atoms with Crippen molar-refractivity contribution in [2.45, 2.75) is 10.6 Å². The maximum absolute atomic E-state index is 6.08. The minimum absolute atomic E-state index is 0.775. The molecular weight excluding hydrogens is 374 g/mol. The van der Waals surface area contributed by atoms with Crippen molar-refractivity contribution in [3.05, 3.63) is 95.6 Å². The van der Waals surface area contributed by atoms with E-state index < -0.39 is 0 Å². The molecule has 4 heteroatoms. The van der Waals surface area contributed by atoms with Crippen LogP contribution in [0.4, 0.5) is 11.4 Å². The summed E-state index contributed by atoms with van der Waals surface area (Å²) in [6, 6.07) is 25.1. The van der Waals surface area contributed by atoms with Gasteiger partial charge < -0.3 is 10.6 Å². The van der Waals surface area contributed by atoms with Gasteiger partial charge >= 0.3 is 0 Å². The smallest absolute Gasteiger partial charge is 0.0668 e. The average molecular weight is 400 g/mol. The van der Waals surface area contributed by atoms with Gasteiger partial charge in [0.1, 0.15) is 0 Å². The Morgan fingerprint density at radius 2 is 1.79 bits per heavy atom. The number of nitrogens with zero attached hydrogens (tertiary/aromatic N) is 2. The second-order valence-electron chi connectivity index (χ2n) is 7.11. The van der Waals surface area contributed by atoms with Gasteiger partial charge in [-0.1, -0.05) is 54.6 Å². The number of hydrogen-bond donors (Lipinski definition) is 1. The van der Waals surface area contributed by atoms with Gasteiger partial charge in [-0.05, 0) is 41.5 Å². The number of aliphatic imine (C=N–C) groups is 1. The van der Waals surface area contributed by atoms with Crippen LogP contribution < -0.4 is 10.6 Å². The number of likely N-dealkylation sites (N-methyl/N-ethyl adjacent to an activating group) is 1. The highest BCUT2D eigenvalue weighted by atomic mass is 32.2. The van der Waals surface area contributed by atoms with Crippen LogP contribution in [0.5, 0.6) is 0 Å². The Bertz CT molecular complexity index is 1040. The summed E-state index contributed by atoms with van der Waals surface area (Å²) in [4.78, 5) is 8.31. The lowest BCUT2D eigenvalue weighted by atomic mass is 10.1. The second-order valence-corrected chi connectivity index (χ2v) is 8.13. The molecular formula is C25H25N3S. The number of nitrogen functional groups attached to an aromatic ring is 1. The lowest BCUT2D eigenvalue weighted by Gasteiger charge is -2.18. The van der Waals surface area contributed by atoms with Crippen molar-refractivity contribution < 1.29 is 0 Å². The quantitative estimate of drug-likeness (QED) is 0.454. The van der Waals surface area contributed by atoms with Crippen molar-refractivity contribution in [2.75, 3.05) is 30.8 Å². The molecule has 0 spiro atoms. The molecule has 0 saturated heterocycles. The summed E-state index contributed by atoms with van der Waals surface area (Å²) in [6.45, 7) is 1.71. The highest BCUT2D eigenvalue weighted by Gasteiger charge is 2.13. The molecule has 0 radical (unpaired) electrons. The SMILES string of the molecule is CN1CCN=C(C=Cc2cc(N)ccc2SCc2ccccc2)c2ccccc21. The summed E-state index contributed by atoms with van der Waals surface area (Å²) < 4.78 is 0. The molecule has 0 aromatic heterocycles. The van der Waals surface area contributed by atoms with Gasteiger partial charge in [-0.15, -0.1) is 11.8 Å². The number of para-hydroxylation sites is 1. The van der Waals surface area contributed by atoms with Gasteiger partial charge in [0.05, 0.1) is 12.3 Å². The Morgan fingerprint density at radius 1 is 1.00 bits per heavy atom. The zero-order chi connectivity index (χ0) is 20.1. The second kappa shape index (κ2) is 9.01. The van der Waals surface area contributed by atoms with E-state index in [1.807, 2.05) is 30.0 Å². The Labute approximate surface area is 177 Å². The zero-order valence-corrected chi connectivity index (χ0v) is 17.4. The number of anilines is 2. The standard InChI is InChI=1S/C25H25N3S/c1-28-16-15-27-23(22-9-5-6-10-24(22)28)13-11-20-17-21(26)12-14-25(20)29-18-19-7-3-2-4-8-19/h2-14,17H,15-16,18,26H2,1H3. The molecule has 146 valence electrons. The van der Waals surface area contributed by atoms with Crippen LogP contribution in [0.25, 0.3) is 6.08 Å². The van der Waals surface area contributed by atoms with E-state index >= 15 is 0 Å². The van der Waals surface area contributed by atoms with Crippen LogP contribution in [-0.4, -0.2) is 25.8 Å². The van der Waals surface area contributed by atoms with E-state index in [1.165, 1.54) is 21.7 Å². The first kappa shape index (κ1) is 19.3. The molecule has 0 bridgehead atoms. The monoisotopic (exact) mass is 399 g/mol. The van der Waals surface area contributed by atoms with Crippen LogP contribution in [0.15, 0.2) is 88.8 Å². The number of benzodiazepines with no additional fused rings is 1. The number of rotatable bonds is 5. The van der Waals surface area contributed by atoms with Crippen LogP contribution in [-0.2, 0) is 5.75 Å².